The minimum absolute atomic E-state index is 0.0829. The average Bonchev–Trinajstić information content (AvgIpc) is 3.08. The monoisotopic (exact) mass is 385 g/mol. The third-order valence-corrected chi connectivity index (χ3v) is 7.48. The first-order valence-corrected chi connectivity index (χ1v) is 9.13. The molecule has 0 spiro atoms. The molecule has 23 heavy (non-hydrogen) atoms. The van der Waals surface area contributed by atoms with Gasteiger partial charge in [0.25, 0.3) is 5.91 Å². The quantitative estimate of drug-likeness (QED) is 0.848. The second-order valence-corrected chi connectivity index (χ2v) is 9.01. The van der Waals surface area contributed by atoms with Crippen molar-refractivity contribution in [1.29, 1.82) is 0 Å². The molecule has 0 saturated carbocycles. The Labute approximate surface area is 137 Å². The van der Waals surface area contributed by atoms with E-state index in [1.807, 2.05) is 5.32 Å². The van der Waals surface area contributed by atoms with Crippen LogP contribution in [0.4, 0.5) is 18.2 Å². The third-order valence-electron chi connectivity index (χ3n) is 2.84. The summed E-state index contributed by atoms with van der Waals surface area (Å²) in [6, 6.07) is 5.29. The van der Waals surface area contributed by atoms with Crippen LogP contribution in [0.1, 0.15) is 6.92 Å². The van der Waals surface area contributed by atoms with E-state index in [0.717, 1.165) is 17.4 Å². The van der Waals surface area contributed by atoms with E-state index in [4.69, 9.17) is 0 Å². The number of halogens is 3. The van der Waals surface area contributed by atoms with Crippen molar-refractivity contribution in [2.45, 2.75) is 27.1 Å². The van der Waals surface area contributed by atoms with Crippen molar-refractivity contribution < 1.29 is 31.5 Å². The van der Waals surface area contributed by atoms with Crippen molar-refractivity contribution in [2.24, 2.45) is 0 Å². The molecule has 2 rings (SSSR count). The Morgan fingerprint density at radius 2 is 1.87 bits per heavy atom. The number of thiophene rings is 2. The van der Waals surface area contributed by atoms with Crippen LogP contribution in [0.2, 0.25) is 0 Å². The first-order chi connectivity index (χ1) is 10.5. The number of anilines is 1. The summed E-state index contributed by atoms with van der Waals surface area (Å²) in [7, 11) is -3.77. The number of hydrogen-bond donors (Lipinski definition) is 2. The van der Waals surface area contributed by atoms with E-state index in [0.29, 0.717) is 18.3 Å². The Kier molecular flexibility index (Phi) is 4.59. The molecule has 2 heterocycles. The summed E-state index contributed by atoms with van der Waals surface area (Å²) in [5.74, 6) is -1.69. The van der Waals surface area contributed by atoms with Gasteiger partial charge in [0.1, 0.15) is 8.42 Å². The molecular weight excluding hydrogens is 375 g/mol. The Bertz CT molecular complexity index is 807. The molecule has 0 bridgehead atoms. The summed E-state index contributed by atoms with van der Waals surface area (Å²) in [5.41, 5.74) is -3.58. The smallest absolute Gasteiger partial charge is 0.373 e. The standard InChI is InChI=1S/C12H10F3NO4S3/c1-11(18,12(13,14)15)10(17)16-7-4-5-9(22-7)23(19,20)8-3-2-6-21-8/h2-6,18H,1H3,(H,16,17). The summed E-state index contributed by atoms with van der Waals surface area (Å²) in [6.45, 7) is 0.319. The number of sulfone groups is 1. The van der Waals surface area contributed by atoms with Crippen molar-refractivity contribution >= 4 is 43.4 Å². The number of nitrogens with one attached hydrogen (secondary N) is 1. The van der Waals surface area contributed by atoms with Gasteiger partial charge >= 0.3 is 6.18 Å². The fraction of sp³-hybridized carbons (Fsp3) is 0.250. The summed E-state index contributed by atoms with van der Waals surface area (Å²) >= 11 is 1.60. The molecule has 0 aromatic carbocycles. The van der Waals surface area contributed by atoms with E-state index in [2.05, 4.69) is 0 Å². The van der Waals surface area contributed by atoms with Gasteiger partial charge in [0.05, 0.1) is 5.00 Å². The predicted molar refractivity (Wildman–Crippen MR) is 79.4 cm³/mol. The molecule has 5 nitrogen and oxygen atoms in total. The molecule has 0 radical (unpaired) electrons. The molecule has 0 aliphatic heterocycles. The highest BCUT2D eigenvalue weighted by Crippen LogP contribution is 2.35. The second kappa shape index (κ2) is 5.89. The fourth-order valence-electron chi connectivity index (χ4n) is 1.41. The lowest BCUT2D eigenvalue weighted by Gasteiger charge is -2.24. The minimum atomic E-state index is -5.15. The molecule has 2 aromatic heterocycles. The number of amides is 1. The summed E-state index contributed by atoms with van der Waals surface area (Å²) in [6.07, 6.45) is -5.15. The van der Waals surface area contributed by atoms with Crippen LogP contribution in [0, 0.1) is 0 Å². The van der Waals surface area contributed by atoms with E-state index in [-0.39, 0.29) is 13.4 Å². The van der Waals surface area contributed by atoms with Crippen LogP contribution in [0.15, 0.2) is 38.1 Å². The number of carbonyl (C=O) groups is 1. The molecule has 0 fully saturated rings. The second-order valence-electron chi connectivity index (χ2n) is 4.58. The number of alkyl halides is 3. The third kappa shape index (κ3) is 3.42. The van der Waals surface area contributed by atoms with Gasteiger partial charge in [-0.3, -0.25) is 4.79 Å². The predicted octanol–water partition coefficient (Wildman–Crippen LogP) is 2.89. The molecule has 1 amide bonds. The van der Waals surface area contributed by atoms with Crippen LogP contribution >= 0.6 is 22.7 Å². The van der Waals surface area contributed by atoms with Gasteiger partial charge in [-0.2, -0.15) is 13.2 Å². The number of rotatable bonds is 4. The zero-order valence-electron chi connectivity index (χ0n) is 11.4. The molecule has 11 heteroatoms. The van der Waals surface area contributed by atoms with Crippen molar-refractivity contribution in [3.63, 3.8) is 0 Å². The average molecular weight is 385 g/mol. The lowest BCUT2D eigenvalue weighted by atomic mass is 10.1. The van der Waals surface area contributed by atoms with Gasteiger partial charge in [0.15, 0.2) is 0 Å². The summed E-state index contributed by atoms with van der Waals surface area (Å²) in [5, 5.41) is 12.6. The van der Waals surface area contributed by atoms with Crippen molar-refractivity contribution in [3.05, 3.63) is 29.6 Å². The Morgan fingerprint density at radius 1 is 1.22 bits per heavy atom. The Balaban J connectivity index is 2.23. The molecule has 126 valence electrons. The largest absolute Gasteiger partial charge is 0.426 e. The lowest BCUT2D eigenvalue weighted by Crippen LogP contribution is -2.52. The molecule has 0 aliphatic rings. The summed E-state index contributed by atoms with van der Waals surface area (Å²) in [4.78, 5) is 11.5. The van der Waals surface area contributed by atoms with Crippen LogP contribution in [-0.4, -0.2) is 31.2 Å². The molecule has 1 unspecified atom stereocenters. The highest BCUT2D eigenvalue weighted by Gasteiger charge is 2.55. The number of aliphatic hydroxyl groups is 1. The van der Waals surface area contributed by atoms with Crippen LogP contribution in [0.3, 0.4) is 0 Å². The zero-order chi connectivity index (χ0) is 17.5. The molecule has 2 N–H and O–H groups in total. The first-order valence-electron chi connectivity index (χ1n) is 5.95. The van der Waals surface area contributed by atoms with Gasteiger partial charge < -0.3 is 10.4 Å². The van der Waals surface area contributed by atoms with E-state index >= 15 is 0 Å². The summed E-state index contributed by atoms with van der Waals surface area (Å²) < 4.78 is 62.1. The topological polar surface area (TPSA) is 83.5 Å². The van der Waals surface area contributed by atoms with Gasteiger partial charge in [0, 0.05) is 0 Å². The highest BCUT2D eigenvalue weighted by molar-refractivity contribution is 7.95. The molecule has 2 aromatic rings. The fourth-order valence-corrected chi connectivity index (χ4v) is 5.27. The van der Waals surface area contributed by atoms with Crippen molar-refractivity contribution in [3.8, 4) is 0 Å². The minimum Gasteiger partial charge on any atom is -0.373 e. The SMILES string of the molecule is CC(O)(C(=O)Nc1ccc(S(=O)(=O)c2cccs2)s1)C(F)(F)F. The number of hydrogen-bond acceptors (Lipinski definition) is 6. The Morgan fingerprint density at radius 3 is 2.39 bits per heavy atom. The van der Waals surface area contributed by atoms with Gasteiger partial charge in [-0.1, -0.05) is 6.07 Å². The van der Waals surface area contributed by atoms with Crippen molar-refractivity contribution in [1.82, 2.24) is 0 Å². The van der Waals surface area contributed by atoms with E-state index in [1.165, 1.54) is 12.1 Å². The molecular formula is C12H10F3NO4S3. The van der Waals surface area contributed by atoms with Crippen molar-refractivity contribution in [2.75, 3.05) is 5.32 Å². The van der Waals surface area contributed by atoms with Crippen LogP contribution in [0.5, 0.6) is 0 Å². The lowest BCUT2D eigenvalue weighted by molar-refractivity contribution is -0.242. The van der Waals surface area contributed by atoms with Gasteiger partial charge in [-0.15, -0.1) is 22.7 Å². The Hall–Kier alpha value is -1.43. The van der Waals surface area contributed by atoms with Gasteiger partial charge in [-0.05, 0) is 30.5 Å². The van der Waals surface area contributed by atoms with Crippen LogP contribution in [-0.2, 0) is 14.6 Å². The maximum atomic E-state index is 12.6. The van der Waals surface area contributed by atoms with Gasteiger partial charge in [-0.25, -0.2) is 8.42 Å². The van der Waals surface area contributed by atoms with E-state index in [9.17, 15) is 31.5 Å². The van der Waals surface area contributed by atoms with Crippen LogP contribution < -0.4 is 5.32 Å². The zero-order valence-corrected chi connectivity index (χ0v) is 13.9. The van der Waals surface area contributed by atoms with Gasteiger partial charge in [0.2, 0.25) is 15.4 Å². The maximum Gasteiger partial charge on any atom is 0.426 e. The normalized spacial score (nSPS) is 15.2. The number of carbonyl (C=O) groups excluding carboxylic acids is 1. The highest BCUT2D eigenvalue weighted by atomic mass is 32.3. The maximum absolute atomic E-state index is 12.6. The van der Waals surface area contributed by atoms with E-state index < -0.39 is 27.5 Å². The molecule has 0 aliphatic carbocycles. The van der Waals surface area contributed by atoms with Crippen LogP contribution in [0.25, 0.3) is 0 Å². The molecule has 1 atom stereocenters. The molecule has 0 saturated heterocycles. The first kappa shape index (κ1) is 17.9. The van der Waals surface area contributed by atoms with E-state index in [1.54, 1.807) is 11.4 Å².